The molecule has 206 valence electrons. The second-order valence-electron chi connectivity index (χ2n) is 9.22. The third kappa shape index (κ3) is 6.51. The van der Waals surface area contributed by atoms with Crippen LogP contribution < -0.4 is 0 Å². The van der Waals surface area contributed by atoms with E-state index in [1.165, 1.54) is 16.1 Å². The van der Waals surface area contributed by atoms with E-state index in [0.29, 0.717) is 45.7 Å². The number of nitrogens with zero attached hydrogens (tertiary/aromatic N) is 4. The Kier molecular flexibility index (Phi) is 9.76. The van der Waals surface area contributed by atoms with E-state index < -0.39 is 10.0 Å². The van der Waals surface area contributed by atoms with Crippen molar-refractivity contribution in [3.63, 3.8) is 0 Å². The van der Waals surface area contributed by atoms with E-state index in [9.17, 15) is 13.2 Å². The van der Waals surface area contributed by atoms with Crippen molar-refractivity contribution < 1.29 is 13.2 Å². The van der Waals surface area contributed by atoms with E-state index in [2.05, 4.69) is 6.92 Å². The summed E-state index contributed by atoms with van der Waals surface area (Å²) in [4.78, 5) is 15.7. The van der Waals surface area contributed by atoms with E-state index >= 15 is 0 Å². The molecule has 2 heterocycles. The minimum Gasteiger partial charge on any atom is -0.293 e. The van der Waals surface area contributed by atoms with Crippen LogP contribution in [0.1, 0.15) is 52.0 Å². The summed E-state index contributed by atoms with van der Waals surface area (Å²) in [6, 6.07) is 16.5. The minimum absolute atomic E-state index is 0.0993. The molecular weight excluding hydrogens is 549 g/mol. The van der Waals surface area contributed by atoms with Crippen molar-refractivity contribution in [2.75, 3.05) is 19.6 Å². The lowest BCUT2D eigenvalue weighted by atomic mass is 10.1. The van der Waals surface area contributed by atoms with Crippen LogP contribution >= 0.6 is 24.0 Å². The van der Waals surface area contributed by atoms with E-state index in [4.69, 9.17) is 17.3 Å². The molecule has 0 atom stereocenters. The number of unbranched alkanes of at least 4 members (excludes halogenated alkanes) is 3. The lowest BCUT2D eigenvalue weighted by molar-refractivity contribution is -0.122. The summed E-state index contributed by atoms with van der Waals surface area (Å²) in [5.74, 6) is -0.0993. The number of sulfonamides is 1. The van der Waals surface area contributed by atoms with Gasteiger partial charge in [-0.05, 0) is 36.8 Å². The lowest BCUT2D eigenvalue weighted by Crippen LogP contribution is -2.30. The van der Waals surface area contributed by atoms with Crippen molar-refractivity contribution in [3.05, 3.63) is 71.3 Å². The summed E-state index contributed by atoms with van der Waals surface area (Å²) in [5, 5.41) is 4.83. The van der Waals surface area contributed by atoms with Crippen LogP contribution in [0.3, 0.4) is 0 Å². The van der Waals surface area contributed by atoms with Crippen LogP contribution in [0.25, 0.3) is 23.0 Å². The Balaban J connectivity index is 1.75. The van der Waals surface area contributed by atoms with Crippen LogP contribution in [0.2, 0.25) is 0 Å². The van der Waals surface area contributed by atoms with Crippen molar-refractivity contribution in [3.8, 4) is 16.9 Å². The molecule has 2 aromatic carbocycles. The van der Waals surface area contributed by atoms with E-state index in [1.54, 1.807) is 27.8 Å². The van der Waals surface area contributed by atoms with Gasteiger partial charge in [0.1, 0.15) is 10.0 Å². The number of thioether (sulfide) groups is 1. The average molecular weight is 583 g/mol. The molecule has 1 aromatic heterocycles. The Hall–Kier alpha value is -2.79. The second kappa shape index (κ2) is 13.0. The summed E-state index contributed by atoms with van der Waals surface area (Å²) in [5.41, 5.74) is 2.80. The van der Waals surface area contributed by atoms with Crippen molar-refractivity contribution >= 4 is 50.3 Å². The summed E-state index contributed by atoms with van der Waals surface area (Å²) in [6.45, 7) is 7.19. The quantitative estimate of drug-likeness (QED) is 0.141. The predicted octanol–water partition coefficient (Wildman–Crippen LogP) is 6.35. The van der Waals surface area contributed by atoms with Crippen molar-refractivity contribution in [1.82, 2.24) is 19.0 Å². The van der Waals surface area contributed by atoms with Gasteiger partial charge in [0.25, 0.3) is 5.91 Å². The summed E-state index contributed by atoms with van der Waals surface area (Å²) < 4.78 is 30.2. The largest absolute Gasteiger partial charge is 0.293 e. The molecule has 0 radical (unpaired) electrons. The Morgan fingerprint density at radius 2 is 1.74 bits per heavy atom. The first-order chi connectivity index (χ1) is 18.8. The first kappa shape index (κ1) is 29.2. The number of para-hydroxylation sites is 1. The van der Waals surface area contributed by atoms with E-state index in [-0.39, 0.29) is 10.8 Å². The maximum Gasteiger partial charge on any atom is 0.266 e. The van der Waals surface area contributed by atoms with Gasteiger partial charge in [0, 0.05) is 37.0 Å². The van der Waals surface area contributed by atoms with Gasteiger partial charge in [-0.2, -0.15) is 9.40 Å². The topological polar surface area (TPSA) is 75.5 Å². The molecule has 0 spiro atoms. The zero-order chi connectivity index (χ0) is 28.0. The maximum atomic E-state index is 13.3. The van der Waals surface area contributed by atoms with Gasteiger partial charge in [-0.1, -0.05) is 94.3 Å². The molecule has 0 unspecified atom stereocenters. The molecule has 39 heavy (non-hydrogen) atoms. The summed E-state index contributed by atoms with van der Waals surface area (Å²) >= 11 is 6.83. The molecule has 1 fully saturated rings. The number of amides is 1. The van der Waals surface area contributed by atoms with Crippen LogP contribution in [0.5, 0.6) is 0 Å². The van der Waals surface area contributed by atoms with Gasteiger partial charge in [-0.3, -0.25) is 9.69 Å². The molecule has 1 amide bonds. The van der Waals surface area contributed by atoms with E-state index in [1.807, 2.05) is 62.5 Å². The molecule has 4 rings (SSSR count). The fourth-order valence-electron chi connectivity index (χ4n) is 4.48. The molecule has 7 nitrogen and oxygen atoms in total. The Bertz CT molecular complexity index is 1460. The van der Waals surface area contributed by atoms with Crippen molar-refractivity contribution in [2.45, 2.75) is 51.3 Å². The Morgan fingerprint density at radius 3 is 2.44 bits per heavy atom. The number of carbonyl (C=O) groups is 1. The monoisotopic (exact) mass is 582 g/mol. The number of hydrogen-bond acceptors (Lipinski definition) is 6. The number of aromatic nitrogens is 2. The smallest absolute Gasteiger partial charge is 0.266 e. The maximum absolute atomic E-state index is 13.3. The predicted molar refractivity (Wildman–Crippen MR) is 163 cm³/mol. The van der Waals surface area contributed by atoms with E-state index in [0.717, 1.165) is 31.4 Å². The van der Waals surface area contributed by atoms with Crippen molar-refractivity contribution in [1.29, 1.82) is 0 Å². The minimum atomic E-state index is -3.65. The standard InChI is InChI=1S/C29H34N4O3S3/c1-4-7-8-12-18-32-28(34)26(38-29(32)37)20-23-21-33(24-15-10-9-11-16-24)30-27(23)22-14-13-17-25(19-22)39(35,36)31(5-2)6-3/h9-11,13-17,19-21H,4-8,12,18H2,1-3H3. The van der Waals surface area contributed by atoms with Gasteiger partial charge < -0.3 is 0 Å². The summed E-state index contributed by atoms with van der Waals surface area (Å²) in [6.07, 6.45) is 7.92. The third-order valence-corrected chi connectivity index (χ3v) is 10.0. The molecule has 1 aliphatic heterocycles. The van der Waals surface area contributed by atoms with Gasteiger partial charge in [0.2, 0.25) is 10.0 Å². The zero-order valence-electron chi connectivity index (χ0n) is 22.5. The second-order valence-corrected chi connectivity index (χ2v) is 12.8. The first-order valence-electron chi connectivity index (χ1n) is 13.3. The molecule has 0 N–H and O–H groups in total. The molecule has 1 saturated heterocycles. The molecule has 3 aromatic rings. The Morgan fingerprint density at radius 1 is 1.00 bits per heavy atom. The average Bonchev–Trinajstić information content (AvgIpc) is 3.48. The molecule has 0 saturated carbocycles. The van der Waals surface area contributed by atoms with Gasteiger partial charge >= 0.3 is 0 Å². The first-order valence-corrected chi connectivity index (χ1v) is 16.0. The molecule has 0 bridgehead atoms. The van der Waals surface area contributed by atoms with Crippen molar-refractivity contribution in [2.24, 2.45) is 0 Å². The highest BCUT2D eigenvalue weighted by molar-refractivity contribution is 8.26. The van der Waals surface area contributed by atoms with Crippen LogP contribution in [0.4, 0.5) is 0 Å². The van der Waals surface area contributed by atoms with Gasteiger partial charge in [-0.25, -0.2) is 13.1 Å². The SMILES string of the molecule is CCCCCCN1C(=O)C(=Cc2cn(-c3ccccc3)nc2-c2cccc(S(=O)(=O)N(CC)CC)c2)SC1=S. The van der Waals surface area contributed by atoms with Crippen LogP contribution in [0, 0.1) is 0 Å². The molecule has 10 heteroatoms. The fourth-order valence-corrected chi connectivity index (χ4v) is 7.28. The Labute approximate surface area is 240 Å². The van der Waals surface area contributed by atoms with Crippen LogP contribution in [0.15, 0.2) is 70.6 Å². The highest BCUT2D eigenvalue weighted by Crippen LogP contribution is 2.35. The van der Waals surface area contributed by atoms with Gasteiger partial charge in [-0.15, -0.1) is 0 Å². The van der Waals surface area contributed by atoms with Gasteiger partial charge in [0.05, 0.1) is 15.5 Å². The number of benzene rings is 2. The molecular formula is C29H34N4O3S3. The number of rotatable bonds is 12. The van der Waals surface area contributed by atoms with Gasteiger partial charge in [0.15, 0.2) is 0 Å². The lowest BCUT2D eigenvalue weighted by Gasteiger charge is -2.18. The summed E-state index contributed by atoms with van der Waals surface area (Å²) in [7, 11) is -3.65. The molecule has 0 aliphatic carbocycles. The van der Waals surface area contributed by atoms with Crippen LogP contribution in [-0.2, 0) is 14.8 Å². The highest BCUT2D eigenvalue weighted by atomic mass is 32.2. The number of thiocarbonyl (C=S) groups is 1. The number of hydrogen-bond donors (Lipinski definition) is 0. The fraction of sp³-hybridized carbons (Fsp3) is 0.345. The third-order valence-electron chi connectivity index (χ3n) is 6.61. The molecule has 1 aliphatic rings. The van der Waals surface area contributed by atoms with Crippen LogP contribution in [-0.4, -0.2) is 57.3 Å². The normalized spacial score (nSPS) is 15.2. The highest BCUT2D eigenvalue weighted by Gasteiger charge is 2.32. The zero-order valence-corrected chi connectivity index (χ0v) is 25.0. The number of carbonyl (C=O) groups excluding carboxylic acids is 1.